The van der Waals surface area contributed by atoms with Crippen LogP contribution in [-0.4, -0.2) is 63.1 Å². The van der Waals surface area contributed by atoms with Gasteiger partial charge in [-0.25, -0.2) is 13.9 Å². The van der Waals surface area contributed by atoms with Gasteiger partial charge in [-0.15, -0.1) is 5.10 Å². The van der Waals surface area contributed by atoms with E-state index in [2.05, 4.69) is 31.1 Å². The van der Waals surface area contributed by atoms with Crippen molar-refractivity contribution in [1.82, 2.24) is 30.4 Å². The van der Waals surface area contributed by atoms with Crippen molar-refractivity contribution in [3.05, 3.63) is 59.4 Å². The fourth-order valence-electron chi connectivity index (χ4n) is 4.38. The number of ketones is 1. The quantitative estimate of drug-likeness (QED) is 0.481. The molecule has 1 aliphatic rings. The molecule has 3 aromatic rings. The van der Waals surface area contributed by atoms with Crippen molar-refractivity contribution in [2.24, 2.45) is 13.0 Å². The zero-order valence-electron chi connectivity index (χ0n) is 20.0. The molecule has 1 aliphatic heterocycles. The lowest BCUT2D eigenvalue weighted by Crippen LogP contribution is -2.43. The van der Waals surface area contributed by atoms with Crippen molar-refractivity contribution < 1.29 is 14.0 Å². The topological polar surface area (TPSA) is 105 Å². The van der Waals surface area contributed by atoms with E-state index in [-0.39, 0.29) is 30.1 Å². The normalized spacial score (nSPS) is 16.1. The number of tetrazole rings is 1. The maximum absolute atomic E-state index is 13.1. The van der Waals surface area contributed by atoms with Crippen LogP contribution in [0.5, 0.6) is 0 Å². The van der Waals surface area contributed by atoms with Crippen molar-refractivity contribution in [2.45, 2.75) is 26.2 Å². The molecule has 1 fully saturated rings. The summed E-state index contributed by atoms with van der Waals surface area (Å²) >= 11 is 0. The van der Waals surface area contributed by atoms with Gasteiger partial charge in [-0.05, 0) is 90.2 Å². The Hall–Kier alpha value is -3.66. The van der Waals surface area contributed by atoms with E-state index in [9.17, 15) is 14.0 Å². The van der Waals surface area contributed by atoms with E-state index >= 15 is 0 Å². The number of urea groups is 1. The van der Waals surface area contributed by atoms with Gasteiger partial charge in [-0.2, -0.15) is 0 Å². The Balaban J connectivity index is 1.30. The van der Waals surface area contributed by atoms with Crippen LogP contribution >= 0.6 is 0 Å². The van der Waals surface area contributed by atoms with Gasteiger partial charge in [0, 0.05) is 37.0 Å². The molecule has 0 bridgehead atoms. The number of likely N-dealkylation sites (tertiary alicyclic amines) is 1. The number of halogens is 1. The number of nitrogens with one attached hydrogen (secondary N) is 2. The Morgan fingerprint density at radius 2 is 1.97 bits per heavy atom. The van der Waals surface area contributed by atoms with Crippen LogP contribution in [0.4, 0.5) is 14.9 Å². The number of carbonyl (C=O) groups excluding carboxylic acids is 2. The SMILES string of the molecule is CCc1cc(NC(=O)NC[C@H]2CCCN(CC(=O)c3ccc(F)cc3)C2)cc(-c2nnnn2C)c1. The second kappa shape index (κ2) is 11.2. The van der Waals surface area contributed by atoms with E-state index in [1.165, 1.54) is 24.3 Å². The number of piperidine rings is 1. The summed E-state index contributed by atoms with van der Waals surface area (Å²) in [6.07, 6.45) is 2.75. The second-order valence-electron chi connectivity index (χ2n) is 8.91. The molecular weight excluding hydrogens is 449 g/mol. The molecule has 2 amide bonds. The molecule has 184 valence electrons. The summed E-state index contributed by atoms with van der Waals surface area (Å²) in [6.45, 7) is 4.41. The van der Waals surface area contributed by atoms with Crippen LogP contribution in [0, 0.1) is 11.7 Å². The van der Waals surface area contributed by atoms with Crippen LogP contribution in [0.25, 0.3) is 11.4 Å². The van der Waals surface area contributed by atoms with Crippen LogP contribution in [0.3, 0.4) is 0 Å². The Morgan fingerprint density at radius 3 is 2.69 bits per heavy atom. The molecule has 1 saturated heterocycles. The molecule has 1 atom stereocenters. The number of Topliss-reactive ketones (excluding diaryl/α,β-unsaturated/α-hetero) is 1. The maximum atomic E-state index is 13.1. The van der Waals surface area contributed by atoms with Crippen molar-refractivity contribution in [1.29, 1.82) is 0 Å². The number of aryl methyl sites for hydroxylation is 2. The van der Waals surface area contributed by atoms with E-state index < -0.39 is 0 Å². The lowest BCUT2D eigenvalue weighted by atomic mass is 9.97. The average molecular weight is 480 g/mol. The van der Waals surface area contributed by atoms with Crippen molar-refractivity contribution >= 4 is 17.5 Å². The van der Waals surface area contributed by atoms with Crippen molar-refractivity contribution in [3.8, 4) is 11.4 Å². The maximum Gasteiger partial charge on any atom is 0.319 e. The summed E-state index contributed by atoms with van der Waals surface area (Å²) in [5.74, 6) is 0.493. The third-order valence-corrected chi connectivity index (χ3v) is 6.23. The highest BCUT2D eigenvalue weighted by atomic mass is 19.1. The molecule has 10 heteroatoms. The predicted molar refractivity (Wildman–Crippen MR) is 131 cm³/mol. The number of benzene rings is 2. The van der Waals surface area contributed by atoms with Crippen molar-refractivity contribution in [3.63, 3.8) is 0 Å². The number of amides is 2. The molecule has 1 aromatic heterocycles. The number of carbonyl (C=O) groups is 2. The minimum absolute atomic E-state index is 0.0268. The molecule has 9 nitrogen and oxygen atoms in total. The smallest absolute Gasteiger partial charge is 0.319 e. The first kappa shape index (κ1) is 24.5. The number of hydrogen-bond acceptors (Lipinski definition) is 6. The molecule has 2 aromatic carbocycles. The summed E-state index contributed by atoms with van der Waals surface area (Å²) in [4.78, 5) is 27.3. The molecule has 4 rings (SSSR count). The zero-order valence-corrected chi connectivity index (χ0v) is 20.0. The van der Waals surface area contributed by atoms with Gasteiger partial charge in [0.2, 0.25) is 0 Å². The van der Waals surface area contributed by atoms with E-state index in [0.717, 1.165) is 43.5 Å². The molecule has 0 unspecified atom stereocenters. The molecule has 0 spiro atoms. The first-order valence-corrected chi connectivity index (χ1v) is 11.8. The molecule has 0 saturated carbocycles. The van der Waals surface area contributed by atoms with Gasteiger partial charge in [-0.3, -0.25) is 9.69 Å². The fraction of sp³-hybridized carbons (Fsp3) is 0.400. The van der Waals surface area contributed by atoms with Gasteiger partial charge in [0.25, 0.3) is 0 Å². The zero-order chi connectivity index (χ0) is 24.8. The largest absolute Gasteiger partial charge is 0.338 e. The minimum atomic E-state index is -0.354. The van der Waals surface area contributed by atoms with Gasteiger partial charge in [0.15, 0.2) is 11.6 Å². The number of aromatic nitrogens is 4. The second-order valence-corrected chi connectivity index (χ2v) is 8.91. The fourth-order valence-corrected chi connectivity index (χ4v) is 4.38. The number of hydrogen-bond donors (Lipinski definition) is 2. The van der Waals surface area contributed by atoms with Crippen LogP contribution in [-0.2, 0) is 13.5 Å². The Kier molecular flexibility index (Phi) is 7.81. The minimum Gasteiger partial charge on any atom is -0.338 e. The van der Waals surface area contributed by atoms with E-state index in [4.69, 9.17) is 0 Å². The third-order valence-electron chi connectivity index (χ3n) is 6.23. The molecule has 0 radical (unpaired) electrons. The Labute approximate surface area is 203 Å². The number of nitrogens with zero attached hydrogens (tertiary/aromatic N) is 5. The van der Waals surface area contributed by atoms with Gasteiger partial charge in [-0.1, -0.05) is 6.92 Å². The highest BCUT2D eigenvalue weighted by Gasteiger charge is 2.22. The van der Waals surface area contributed by atoms with E-state index in [1.54, 1.807) is 11.7 Å². The lowest BCUT2D eigenvalue weighted by Gasteiger charge is -2.32. The molecule has 35 heavy (non-hydrogen) atoms. The Bertz CT molecular complexity index is 1180. The molecular formula is C25H30FN7O2. The summed E-state index contributed by atoms with van der Waals surface area (Å²) in [6, 6.07) is 11.2. The van der Waals surface area contributed by atoms with E-state index in [0.29, 0.717) is 23.6 Å². The standard InChI is InChI=1S/C25H30FN7O2/c1-3-17-11-20(24-29-30-31-32(24)2)13-22(12-17)28-25(35)27-14-18-5-4-10-33(15-18)16-23(34)19-6-8-21(26)9-7-19/h6-9,11-13,18H,3-5,10,14-16H2,1-2H3,(H2,27,28,35)/t18-/m1/s1. The molecule has 2 heterocycles. The summed E-state index contributed by atoms with van der Waals surface area (Å²) in [7, 11) is 1.77. The highest BCUT2D eigenvalue weighted by molar-refractivity contribution is 5.97. The molecule has 2 N–H and O–H groups in total. The van der Waals surface area contributed by atoms with Crippen molar-refractivity contribution in [2.75, 3.05) is 31.5 Å². The average Bonchev–Trinajstić information content (AvgIpc) is 3.29. The van der Waals surface area contributed by atoms with Gasteiger partial charge < -0.3 is 10.6 Å². The lowest BCUT2D eigenvalue weighted by molar-refractivity contribution is 0.0886. The van der Waals surface area contributed by atoms with E-state index in [1.807, 2.05) is 25.1 Å². The first-order chi connectivity index (χ1) is 16.9. The Morgan fingerprint density at radius 1 is 1.17 bits per heavy atom. The van der Waals surface area contributed by atoms with Gasteiger partial charge in [0.05, 0.1) is 6.54 Å². The van der Waals surface area contributed by atoms with Crippen LogP contribution in [0.2, 0.25) is 0 Å². The number of anilines is 1. The third kappa shape index (κ3) is 6.48. The van der Waals surface area contributed by atoms with Crippen LogP contribution in [0.15, 0.2) is 42.5 Å². The number of rotatable bonds is 8. The molecule has 0 aliphatic carbocycles. The monoisotopic (exact) mass is 479 g/mol. The summed E-state index contributed by atoms with van der Waals surface area (Å²) in [5.41, 5.74) is 3.09. The summed E-state index contributed by atoms with van der Waals surface area (Å²) in [5, 5.41) is 17.5. The highest BCUT2D eigenvalue weighted by Crippen LogP contribution is 2.23. The predicted octanol–water partition coefficient (Wildman–Crippen LogP) is 3.30. The summed E-state index contributed by atoms with van der Waals surface area (Å²) < 4.78 is 14.7. The van der Waals surface area contributed by atoms with Gasteiger partial charge >= 0.3 is 6.03 Å². The van der Waals surface area contributed by atoms with Crippen LogP contribution < -0.4 is 10.6 Å². The van der Waals surface area contributed by atoms with Gasteiger partial charge in [0.1, 0.15) is 5.82 Å². The van der Waals surface area contributed by atoms with Crippen LogP contribution in [0.1, 0.15) is 35.7 Å². The first-order valence-electron chi connectivity index (χ1n) is 11.8.